The van der Waals surface area contributed by atoms with Crippen LogP contribution in [0.2, 0.25) is 5.15 Å². The summed E-state index contributed by atoms with van der Waals surface area (Å²) in [6.07, 6.45) is 1.43. The van der Waals surface area contributed by atoms with E-state index in [0.717, 1.165) is 11.3 Å². The van der Waals surface area contributed by atoms with E-state index >= 15 is 0 Å². The Bertz CT molecular complexity index is 971. The van der Waals surface area contributed by atoms with E-state index in [2.05, 4.69) is 20.8 Å². The van der Waals surface area contributed by atoms with Crippen LogP contribution in [0, 0.1) is 6.92 Å². The van der Waals surface area contributed by atoms with E-state index in [0.29, 0.717) is 20.7 Å². The fourth-order valence-electron chi connectivity index (χ4n) is 2.14. The summed E-state index contributed by atoms with van der Waals surface area (Å²) in [4.78, 5) is 16.8. The third-order valence-corrected chi connectivity index (χ3v) is 4.76. The van der Waals surface area contributed by atoms with Gasteiger partial charge in [0.05, 0.1) is 11.1 Å². The number of carbonyl (C=O) groups is 1. The number of thiazole rings is 1. The predicted octanol–water partition coefficient (Wildman–Crippen LogP) is 4.32. The molecule has 1 amide bonds. The number of rotatable bonds is 5. The lowest BCUT2D eigenvalue weighted by Crippen LogP contribution is -2.17. The quantitative estimate of drug-likeness (QED) is 0.450. The van der Waals surface area contributed by atoms with E-state index in [9.17, 15) is 9.90 Å². The third kappa shape index (κ3) is 4.38. The molecule has 0 fully saturated rings. The van der Waals surface area contributed by atoms with Crippen LogP contribution in [-0.4, -0.2) is 22.2 Å². The van der Waals surface area contributed by atoms with E-state index in [-0.39, 0.29) is 5.75 Å². The van der Waals surface area contributed by atoms with Gasteiger partial charge in [0.15, 0.2) is 10.3 Å². The molecule has 0 bridgehead atoms. The number of phenolic OH excluding ortho intramolecular Hbond substituents is 1. The Balaban J connectivity index is 1.67. The fourth-order valence-corrected chi connectivity index (χ4v) is 3.18. The van der Waals surface area contributed by atoms with Crippen molar-refractivity contribution >= 4 is 45.9 Å². The summed E-state index contributed by atoms with van der Waals surface area (Å²) in [6.45, 7) is 2.00. The van der Waals surface area contributed by atoms with Gasteiger partial charge in [-0.3, -0.25) is 4.79 Å². The lowest BCUT2D eigenvalue weighted by molar-refractivity contribution is 0.0954. The molecule has 0 unspecified atom stereocenters. The Hall–Kier alpha value is -2.90. The maximum absolute atomic E-state index is 12.0. The Morgan fingerprint density at radius 3 is 2.85 bits per heavy atom. The predicted molar refractivity (Wildman–Crippen MR) is 105 cm³/mol. The number of carbonyl (C=O) groups excluding carboxylic acids is 1. The number of nitrogens with zero attached hydrogens (tertiary/aromatic N) is 2. The smallest absolute Gasteiger partial charge is 0.271 e. The number of halogens is 1. The molecule has 0 aliphatic rings. The van der Waals surface area contributed by atoms with Crippen LogP contribution in [0.25, 0.3) is 0 Å². The minimum atomic E-state index is -0.434. The first-order valence-electron chi connectivity index (χ1n) is 7.64. The molecule has 26 heavy (non-hydrogen) atoms. The van der Waals surface area contributed by atoms with E-state index in [1.807, 2.05) is 31.2 Å². The van der Waals surface area contributed by atoms with Crippen molar-refractivity contribution in [2.75, 3.05) is 5.32 Å². The van der Waals surface area contributed by atoms with Crippen LogP contribution < -0.4 is 10.7 Å². The van der Waals surface area contributed by atoms with Gasteiger partial charge in [-0.2, -0.15) is 5.10 Å². The largest absolute Gasteiger partial charge is 0.508 e. The molecule has 0 radical (unpaired) electrons. The summed E-state index contributed by atoms with van der Waals surface area (Å²) in [7, 11) is 0. The molecule has 0 aliphatic heterocycles. The van der Waals surface area contributed by atoms with Crippen LogP contribution in [0.15, 0.2) is 53.6 Å². The van der Waals surface area contributed by atoms with Crippen molar-refractivity contribution in [1.29, 1.82) is 0 Å². The van der Waals surface area contributed by atoms with Crippen molar-refractivity contribution < 1.29 is 9.90 Å². The number of amides is 1. The molecule has 0 atom stereocenters. The van der Waals surface area contributed by atoms with Gasteiger partial charge in [-0.15, -0.1) is 0 Å². The average molecular weight is 387 g/mol. The van der Waals surface area contributed by atoms with Crippen LogP contribution in [0.3, 0.4) is 0 Å². The summed E-state index contributed by atoms with van der Waals surface area (Å²) in [6, 6.07) is 13.8. The van der Waals surface area contributed by atoms with E-state index in [1.165, 1.54) is 29.7 Å². The van der Waals surface area contributed by atoms with E-state index in [1.54, 1.807) is 12.1 Å². The molecule has 2 aromatic carbocycles. The first kappa shape index (κ1) is 17.9. The zero-order valence-electron chi connectivity index (χ0n) is 13.7. The zero-order chi connectivity index (χ0) is 18.5. The highest BCUT2D eigenvalue weighted by molar-refractivity contribution is 7.17. The molecule has 8 heteroatoms. The number of aryl methyl sites for hydroxylation is 1. The van der Waals surface area contributed by atoms with E-state index in [4.69, 9.17) is 11.6 Å². The van der Waals surface area contributed by atoms with Gasteiger partial charge in [-0.1, -0.05) is 47.2 Å². The highest BCUT2D eigenvalue weighted by atomic mass is 35.5. The maximum Gasteiger partial charge on any atom is 0.271 e. The molecular weight excluding hydrogens is 372 g/mol. The lowest BCUT2D eigenvalue weighted by Gasteiger charge is -2.05. The first-order valence-corrected chi connectivity index (χ1v) is 8.84. The fraction of sp³-hybridized carbons (Fsp3) is 0.0556. The number of nitrogens with one attached hydrogen (secondary N) is 2. The van der Waals surface area contributed by atoms with Crippen molar-refractivity contribution in [2.24, 2.45) is 5.10 Å². The molecule has 0 saturated heterocycles. The molecular formula is C18H15ClN4O2S. The van der Waals surface area contributed by atoms with Crippen molar-refractivity contribution in [1.82, 2.24) is 10.4 Å². The van der Waals surface area contributed by atoms with Gasteiger partial charge in [0.2, 0.25) is 0 Å². The molecule has 0 spiro atoms. The molecule has 6 nitrogen and oxygen atoms in total. The second-order valence-corrected chi connectivity index (χ2v) is 6.75. The van der Waals surface area contributed by atoms with Gasteiger partial charge in [0.1, 0.15) is 5.75 Å². The number of aromatic hydroxyl groups is 1. The number of aromatic nitrogens is 1. The van der Waals surface area contributed by atoms with Crippen LogP contribution in [0.1, 0.15) is 20.8 Å². The van der Waals surface area contributed by atoms with Crippen molar-refractivity contribution in [2.45, 2.75) is 6.92 Å². The second-order valence-electron chi connectivity index (χ2n) is 5.36. The number of benzene rings is 2. The van der Waals surface area contributed by atoms with Crippen molar-refractivity contribution in [3.8, 4) is 5.75 Å². The minimum Gasteiger partial charge on any atom is -0.508 e. The summed E-state index contributed by atoms with van der Waals surface area (Å²) < 4.78 is 0. The Labute approximate surface area is 159 Å². The monoisotopic (exact) mass is 386 g/mol. The molecule has 132 valence electrons. The number of phenols is 1. The highest BCUT2D eigenvalue weighted by Gasteiger charge is 2.09. The molecule has 1 heterocycles. The van der Waals surface area contributed by atoms with Crippen molar-refractivity contribution in [3.63, 3.8) is 0 Å². The number of anilines is 2. The lowest BCUT2D eigenvalue weighted by atomic mass is 10.2. The molecule has 3 aromatic rings. The van der Waals surface area contributed by atoms with Crippen LogP contribution >= 0.6 is 22.9 Å². The Morgan fingerprint density at radius 2 is 2.08 bits per heavy atom. The standard InChI is InChI=1S/C18H15ClN4O2S/c1-11-5-2-3-8-14(11)21-18-22-16(19)15(26-18)10-20-23-17(25)12-6-4-7-13(24)9-12/h2-10,24H,1H3,(H,21,22)(H,23,25)/b20-10+. The van der Waals surface area contributed by atoms with Gasteiger partial charge < -0.3 is 10.4 Å². The van der Waals surface area contributed by atoms with Gasteiger partial charge in [-0.25, -0.2) is 10.4 Å². The summed E-state index contributed by atoms with van der Waals surface area (Å²) in [5.41, 5.74) is 4.73. The van der Waals surface area contributed by atoms with Gasteiger partial charge >= 0.3 is 0 Å². The SMILES string of the molecule is Cc1ccccc1Nc1nc(Cl)c(/C=N/NC(=O)c2cccc(O)c2)s1. The third-order valence-electron chi connectivity index (χ3n) is 3.45. The summed E-state index contributed by atoms with van der Waals surface area (Å²) in [5, 5.41) is 17.4. The molecule has 1 aromatic heterocycles. The number of para-hydroxylation sites is 1. The Kier molecular flexibility index (Phi) is 5.50. The topological polar surface area (TPSA) is 86.6 Å². The van der Waals surface area contributed by atoms with Gasteiger partial charge in [0, 0.05) is 11.3 Å². The van der Waals surface area contributed by atoms with Crippen molar-refractivity contribution in [3.05, 3.63) is 69.7 Å². The normalized spacial score (nSPS) is 10.8. The molecule has 3 rings (SSSR count). The minimum absolute atomic E-state index is 0.0130. The van der Waals surface area contributed by atoms with Crippen LogP contribution in [0.5, 0.6) is 5.75 Å². The van der Waals surface area contributed by atoms with Gasteiger partial charge in [0.25, 0.3) is 5.91 Å². The van der Waals surface area contributed by atoms with E-state index < -0.39 is 5.91 Å². The Morgan fingerprint density at radius 1 is 1.27 bits per heavy atom. The number of hydrogen-bond acceptors (Lipinski definition) is 6. The van der Waals surface area contributed by atoms with Crippen LogP contribution in [-0.2, 0) is 0 Å². The highest BCUT2D eigenvalue weighted by Crippen LogP contribution is 2.28. The first-order chi connectivity index (χ1) is 12.5. The van der Waals surface area contributed by atoms with Gasteiger partial charge in [-0.05, 0) is 36.8 Å². The number of hydrazone groups is 1. The summed E-state index contributed by atoms with van der Waals surface area (Å²) in [5.74, 6) is -0.421. The average Bonchev–Trinajstić information content (AvgIpc) is 2.96. The molecule has 3 N–H and O–H groups in total. The van der Waals surface area contributed by atoms with Crippen LogP contribution in [0.4, 0.5) is 10.8 Å². The number of hydrogen-bond donors (Lipinski definition) is 3. The maximum atomic E-state index is 12.0. The zero-order valence-corrected chi connectivity index (χ0v) is 15.3. The molecule has 0 saturated carbocycles. The molecule has 0 aliphatic carbocycles. The second kappa shape index (κ2) is 7.99. The summed E-state index contributed by atoms with van der Waals surface area (Å²) >= 11 is 7.44.